The maximum Gasteiger partial charge on any atom is 0.252 e. The van der Waals surface area contributed by atoms with Crippen molar-refractivity contribution in [3.05, 3.63) is 29.0 Å². The summed E-state index contributed by atoms with van der Waals surface area (Å²) in [7, 11) is 0. The molecule has 0 fully saturated rings. The lowest BCUT2D eigenvalue weighted by atomic mass is 10.2. The smallest absolute Gasteiger partial charge is 0.252 e. The molecule has 1 amide bonds. The highest BCUT2D eigenvalue weighted by atomic mass is 35.5. The number of pyridine rings is 1. The summed E-state index contributed by atoms with van der Waals surface area (Å²) in [6, 6.07) is 1.60. The third-order valence-electron chi connectivity index (χ3n) is 1.97. The summed E-state index contributed by atoms with van der Waals surface area (Å²) in [6.45, 7) is 3.87. The number of nitrogens with one attached hydrogen (secondary N) is 1. The second-order valence-electron chi connectivity index (χ2n) is 3.16. The number of nitrogens with zero attached hydrogens (tertiary/aromatic N) is 1. The Morgan fingerprint density at radius 2 is 2.44 bits per heavy atom. The fraction of sp³-hybridized carbons (Fsp3) is 0.455. The number of amides is 1. The van der Waals surface area contributed by atoms with E-state index in [9.17, 15) is 4.79 Å². The number of aromatic nitrogens is 1. The number of ether oxygens (including phenoxy) is 1. The maximum absolute atomic E-state index is 11.6. The van der Waals surface area contributed by atoms with Gasteiger partial charge in [0.2, 0.25) is 0 Å². The van der Waals surface area contributed by atoms with Crippen molar-refractivity contribution >= 4 is 17.5 Å². The number of hydrogen-bond acceptors (Lipinski definition) is 3. The molecule has 1 heterocycles. The molecule has 1 aromatic heterocycles. The van der Waals surface area contributed by atoms with Crippen molar-refractivity contribution in [2.75, 3.05) is 19.8 Å². The SMILES string of the molecule is CCOCCCNC(=O)c1ccncc1Cl. The molecule has 0 aliphatic rings. The summed E-state index contributed by atoms with van der Waals surface area (Å²) in [5.74, 6) is -0.177. The van der Waals surface area contributed by atoms with Crippen LogP contribution >= 0.6 is 11.6 Å². The van der Waals surface area contributed by atoms with Crippen LogP contribution in [0.15, 0.2) is 18.5 Å². The minimum atomic E-state index is -0.177. The minimum Gasteiger partial charge on any atom is -0.382 e. The van der Waals surface area contributed by atoms with E-state index in [0.29, 0.717) is 30.3 Å². The first kappa shape index (κ1) is 12.9. The van der Waals surface area contributed by atoms with Gasteiger partial charge in [-0.2, -0.15) is 0 Å². The van der Waals surface area contributed by atoms with Gasteiger partial charge >= 0.3 is 0 Å². The third-order valence-corrected chi connectivity index (χ3v) is 2.27. The van der Waals surface area contributed by atoms with Crippen LogP contribution in [-0.2, 0) is 4.74 Å². The lowest BCUT2D eigenvalue weighted by molar-refractivity contribution is 0.0944. The number of carbonyl (C=O) groups is 1. The van der Waals surface area contributed by atoms with Gasteiger partial charge in [0.05, 0.1) is 10.6 Å². The van der Waals surface area contributed by atoms with Gasteiger partial charge in [0.15, 0.2) is 0 Å². The molecular formula is C11H15ClN2O2. The zero-order valence-electron chi connectivity index (χ0n) is 9.20. The number of halogens is 1. The lowest BCUT2D eigenvalue weighted by Gasteiger charge is -2.06. The Morgan fingerprint density at radius 1 is 1.62 bits per heavy atom. The summed E-state index contributed by atoms with van der Waals surface area (Å²) in [4.78, 5) is 15.5. The molecule has 0 bridgehead atoms. The van der Waals surface area contributed by atoms with Crippen molar-refractivity contribution in [2.45, 2.75) is 13.3 Å². The van der Waals surface area contributed by atoms with Crippen LogP contribution in [0.5, 0.6) is 0 Å². The highest BCUT2D eigenvalue weighted by molar-refractivity contribution is 6.33. The van der Waals surface area contributed by atoms with Crippen molar-refractivity contribution in [1.82, 2.24) is 10.3 Å². The highest BCUT2D eigenvalue weighted by Crippen LogP contribution is 2.12. The molecule has 1 N–H and O–H groups in total. The van der Waals surface area contributed by atoms with Crippen molar-refractivity contribution in [3.8, 4) is 0 Å². The summed E-state index contributed by atoms with van der Waals surface area (Å²) in [6.07, 6.45) is 3.79. The van der Waals surface area contributed by atoms with Crippen LogP contribution in [0, 0.1) is 0 Å². The summed E-state index contributed by atoms with van der Waals surface area (Å²) in [5.41, 5.74) is 0.452. The molecule has 0 aliphatic heterocycles. The van der Waals surface area contributed by atoms with E-state index >= 15 is 0 Å². The first-order valence-corrected chi connectivity index (χ1v) is 5.59. The van der Waals surface area contributed by atoms with Crippen LogP contribution in [-0.4, -0.2) is 30.6 Å². The van der Waals surface area contributed by atoms with Crippen molar-refractivity contribution in [1.29, 1.82) is 0 Å². The Labute approximate surface area is 100.0 Å². The summed E-state index contributed by atoms with van der Waals surface area (Å²) >= 11 is 5.83. The molecule has 1 aromatic rings. The summed E-state index contributed by atoms with van der Waals surface area (Å²) in [5, 5.41) is 3.13. The van der Waals surface area contributed by atoms with Crippen LogP contribution in [0.2, 0.25) is 5.02 Å². The van der Waals surface area contributed by atoms with E-state index in [1.807, 2.05) is 6.92 Å². The topological polar surface area (TPSA) is 51.2 Å². The van der Waals surface area contributed by atoms with E-state index in [2.05, 4.69) is 10.3 Å². The quantitative estimate of drug-likeness (QED) is 0.775. The van der Waals surface area contributed by atoms with E-state index in [1.54, 1.807) is 12.3 Å². The second-order valence-corrected chi connectivity index (χ2v) is 3.57. The molecule has 0 saturated carbocycles. The molecular weight excluding hydrogens is 228 g/mol. The minimum absolute atomic E-state index is 0.177. The molecule has 1 rings (SSSR count). The third kappa shape index (κ3) is 4.16. The molecule has 5 heteroatoms. The van der Waals surface area contributed by atoms with Gasteiger partial charge in [0.1, 0.15) is 0 Å². The highest BCUT2D eigenvalue weighted by Gasteiger charge is 2.08. The van der Waals surface area contributed by atoms with E-state index < -0.39 is 0 Å². The monoisotopic (exact) mass is 242 g/mol. The van der Waals surface area contributed by atoms with E-state index in [0.717, 1.165) is 6.42 Å². The zero-order valence-corrected chi connectivity index (χ0v) is 9.96. The van der Waals surface area contributed by atoms with E-state index in [4.69, 9.17) is 16.3 Å². The number of rotatable bonds is 6. The van der Waals surface area contributed by atoms with Crippen LogP contribution in [0.25, 0.3) is 0 Å². The fourth-order valence-electron chi connectivity index (χ4n) is 1.18. The Morgan fingerprint density at radius 3 is 3.12 bits per heavy atom. The van der Waals surface area contributed by atoms with Crippen molar-refractivity contribution < 1.29 is 9.53 Å². The molecule has 0 atom stereocenters. The van der Waals surface area contributed by atoms with Crippen molar-refractivity contribution in [2.24, 2.45) is 0 Å². The molecule has 0 saturated heterocycles. The Bertz CT molecular complexity index is 345. The van der Waals surface area contributed by atoms with Gasteiger partial charge in [0, 0.05) is 32.2 Å². The Hall–Kier alpha value is -1.13. The molecule has 88 valence electrons. The molecule has 0 spiro atoms. The van der Waals surface area contributed by atoms with Crippen LogP contribution in [0.1, 0.15) is 23.7 Å². The normalized spacial score (nSPS) is 10.1. The van der Waals surface area contributed by atoms with Gasteiger partial charge < -0.3 is 10.1 Å². The lowest BCUT2D eigenvalue weighted by Crippen LogP contribution is -2.25. The maximum atomic E-state index is 11.6. The van der Waals surface area contributed by atoms with Crippen LogP contribution in [0.3, 0.4) is 0 Å². The van der Waals surface area contributed by atoms with Gasteiger partial charge in [-0.25, -0.2) is 0 Å². The van der Waals surface area contributed by atoms with Gasteiger partial charge in [-0.1, -0.05) is 11.6 Å². The fourth-order valence-corrected chi connectivity index (χ4v) is 1.38. The van der Waals surface area contributed by atoms with Crippen LogP contribution < -0.4 is 5.32 Å². The average Bonchev–Trinajstić information content (AvgIpc) is 2.29. The number of hydrogen-bond donors (Lipinski definition) is 1. The van der Waals surface area contributed by atoms with E-state index in [1.165, 1.54) is 6.20 Å². The molecule has 0 unspecified atom stereocenters. The first-order chi connectivity index (χ1) is 7.75. The molecule has 0 aliphatic carbocycles. The largest absolute Gasteiger partial charge is 0.382 e. The van der Waals surface area contributed by atoms with Gasteiger partial charge in [-0.3, -0.25) is 9.78 Å². The average molecular weight is 243 g/mol. The predicted octanol–water partition coefficient (Wildman–Crippen LogP) is 1.89. The standard InChI is InChI=1S/C11H15ClN2O2/c1-2-16-7-3-5-14-11(15)9-4-6-13-8-10(9)12/h4,6,8H,2-3,5,7H2,1H3,(H,14,15). The predicted molar refractivity (Wildman–Crippen MR) is 62.7 cm³/mol. The van der Waals surface area contributed by atoms with Gasteiger partial charge in [-0.15, -0.1) is 0 Å². The molecule has 0 radical (unpaired) electrons. The molecule has 4 nitrogen and oxygen atoms in total. The van der Waals surface area contributed by atoms with Crippen molar-refractivity contribution in [3.63, 3.8) is 0 Å². The molecule has 0 aromatic carbocycles. The second kappa shape index (κ2) is 7.19. The first-order valence-electron chi connectivity index (χ1n) is 5.21. The van der Waals surface area contributed by atoms with Gasteiger partial charge in [-0.05, 0) is 19.4 Å². The Kier molecular flexibility index (Phi) is 5.82. The zero-order chi connectivity index (χ0) is 11.8. The summed E-state index contributed by atoms with van der Waals surface area (Å²) < 4.78 is 5.16. The van der Waals surface area contributed by atoms with Crippen LogP contribution in [0.4, 0.5) is 0 Å². The Balaban J connectivity index is 2.33. The van der Waals surface area contributed by atoms with E-state index in [-0.39, 0.29) is 5.91 Å². The number of carbonyl (C=O) groups excluding carboxylic acids is 1. The van der Waals surface area contributed by atoms with Gasteiger partial charge in [0.25, 0.3) is 5.91 Å². The molecule has 16 heavy (non-hydrogen) atoms.